The van der Waals surface area contributed by atoms with E-state index in [1.165, 1.54) is 0 Å². The van der Waals surface area contributed by atoms with Crippen LogP contribution in [0.3, 0.4) is 0 Å². The second-order valence-electron chi connectivity index (χ2n) is 6.23. The van der Waals surface area contributed by atoms with E-state index in [0.29, 0.717) is 18.4 Å². The Morgan fingerprint density at radius 3 is 2.65 bits per heavy atom. The first-order valence-corrected chi connectivity index (χ1v) is 8.87. The maximum atomic E-state index is 14.5. The summed E-state index contributed by atoms with van der Waals surface area (Å²) in [5.74, 6) is -0.417. The van der Waals surface area contributed by atoms with E-state index in [2.05, 4.69) is 15.0 Å². The van der Waals surface area contributed by atoms with E-state index >= 15 is 0 Å². The van der Waals surface area contributed by atoms with Crippen molar-refractivity contribution in [2.75, 3.05) is 0 Å². The lowest BCUT2D eigenvalue weighted by Crippen LogP contribution is -2.01. The molecular formula is C21H17ClFN3. The zero-order chi connectivity index (χ0) is 17.9. The summed E-state index contributed by atoms with van der Waals surface area (Å²) in [5.41, 5.74) is 4.18. The van der Waals surface area contributed by atoms with Gasteiger partial charge in [-0.15, -0.1) is 0 Å². The lowest BCUT2D eigenvalue weighted by atomic mass is 10.0. The Labute approximate surface area is 155 Å². The largest absolute Gasteiger partial charge is 0.346 e. The molecule has 0 aliphatic carbocycles. The molecule has 0 saturated heterocycles. The van der Waals surface area contributed by atoms with Gasteiger partial charge < -0.3 is 4.98 Å². The molecule has 1 N–H and O–H groups in total. The standard InChI is InChI=1S/C21H17ClFN3/c22-19-6-2-1-4-14(19)7-9-17-10-8-15(20(23)26-17)12-16-13-25-21-18(16)5-3-11-24-21/h1-6,8,10-11,13H,7,9,12H2,(H,24,25). The summed E-state index contributed by atoms with van der Waals surface area (Å²) in [6.45, 7) is 0. The van der Waals surface area contributed by atoms with Gasteiger partial charge in [0.05, 0.1) is 0 Å². The van der Waals surface area contributed by atoms with Crippen LogP contribution in [0.1, 0.15) is 22.4 Å². The fourth-order valence-electron chi connectivity index (χ4n) is 3.10. The fourth-order valence-corrected chi connectivity index (χ4v) is 3.33. The van der Waals surface area contributed by atoms with E-state index in [1.54, 1.807) is 6.20 Å². The molecule has 0 aliphatic heterocycles. The van der Waals surface area contributed by atoms with E-state index < -0.39 is 5.95 Å². The summed E-state index contributed by atoms with van der Waals surface area (Å²) >= 11 is 6.17. The van der Waals surface area contributed by atoms with Gasteiger partial charge >= 0.3 is 0 Å². The Morgan fingerprint density at radius 2 is 1.81 bits per heavy atom. The molecule has 130 valence electrons. The Hall–Kier alpha value is -2.72. The van der Waals surface area contributed by atoms with Gasteiger partial charge in [-0.2, -0.15) is 4.39 Å². The van der Waals surface area contributed by atoms with Gasteiger partial charge in [-0.1, -0.05) is 35.9 Å². The number of aryl methyl sites for hydroxylation is 2. The maximum Gasteiger partial charge on any atom is 0.216 e. The molecule has 0 unspecified atom stereocenters. The number of aromatic amines is 1. The minimum absolute atomic E-state index is 0.417. The zero-order valence-corrected chi connectivity index (χ0v) is 14.8. The molecule has 3 nitrogen and oxygen atoms in total. The second kappa shape index (κ2) is 7.26. The summed E-state index contributed by atoms with van der Waals surface area (Å²) in [4.78, 5) is 11.5. The average Bonchev–Trinajstić information content (AvgIpc) is 3.06. The van der Waals surface area contributed by atoms with Crippen molar-refractivity contribution >= 4 is 22.6 Å². The number of benzene rings is 1. The molecule has 1 aromatic carbocycles. The van der Waals surface area contributed by atoms with Crippen LogP contribution < -0.4 is 0 Å². The van der Waals surface area contributed by atoms with Crippen LogP contribution in [0.25, 0.3) is 11.0 Å². The molecule has 0 saturated carbocycles. The molecule has 0 amide bonds. The van der Waals surface area contributed by atoms with Crippen molar-refractivity contribution < 1.29 is 4.39 Å². The number of aromatic nitrogens is 3. The van der Waals surface area contributed by atoms with Gasteiger partial charge in [0.25, 0.3) is 0 Å². The first kappa shape index (κ1) is 16.7. The van der Waals surface area contributed by atoms with Crippen LogP contribution in [0, 0.1) is 5.95 Å². The zero-order valence-electron chi connectivity index (χ0n) is 14.0. The Bertz CT molecular complexity index is 1060. The van der Waals surface area contributed by atoms with Gasteiger partial charge in [0.15, 0.2) is 0 Å². The van der Waals surface area contributed by atoms with Crippen molar-refractivity contribution in [1.82, 2.24) is 15.0 Å². The van der Waals surface area contributed by atoms with E-state index in [1.807, 2.05) is 54.7 Å². The highest BCUT2D eigenvalue weighted by atomic mass is 35.5. The minimum atomic E-state index is -0.417. The number of rotatable bonds is 5. The molecular weight excluding hydrogens is 349 g/mol. The van der Waals surface area contributed by atoms with Crippen molar-refractivity contribution in [3.05, 3.63) is 94.3 Å². The van der Waals surface area contributed by atoms with Crippen molar-refractivity contribution in [3.63, 3.8) is 0 Å². The minimum Gasteiger partial charge on any atom is -0.346 e. The lowest BCUT2D eigenvalue weighted by molar-refractivity contribution is 0.563. The third kappa shape index (κ3) is 3.46. The molecule has 4 rings (SSSR count). The number of nitrogens with zero attached hydrogens (tertiary/aromatic N) is 2. The normalized spacial score (nSPS) is 11.2. The average molecular weight is 366 g/mol. The van der Waals surface area contributed by atoms with E-state index in [9.17, 15) is 4.39 Å². The van der Waals surface area contributed by atoms with Crippen LogP contribution in [0.5, 0.6) is 0 Å². The predicted molar refractivity (Wildman–Crippen MR) is 102 cm³/mol. The van der Waals surface area contributed by atoms with Gasteiger partial charge in [-0.3, -0.25) is 0 Å². The first-order chi connectivity index (χ1) is 12.7. The molecule has 0 radical (unpaired) electrons. The van der Waals surface area contributed by atoms with Crippen molar-refractivity contribution in [2.24, 2.45) is 0 Å². The molecule has 0 fully saturated rings. The number of hydrogen-bond acceptors (Lipinski definition) is 2. The Kier molecular flexibility index (Phi) is 4.67. The summed E-state index contributed by atoms with van der Waals surface area (Å²) in [6, 6.07) is 15.3. The van der Waals surface area contributed by atoms with Crippen LogP contribution in [0.15, 0.2) is 60.9 Å². The Balaban J connectivity index is 1.50. The van der Waals surface area contributed by atoms with Gasteiger partial charge in [-0.25, -0.2) is 9.97 Å². The Morgan fingerprint density at radius 1 is 0.923 bits per heavy atom. The predicted octanol–water partition coefficient (Wildman–Crippen LogP) is 5.13. The van der Waals surface area contributed by atoms with Crippen LogP contribution in [0.2, 0.25) is 5.02 Å². The topological polar surface area (TPSA) is 41.6 Å². The van der Waals surface area contributed by atoms with Gasteiger partial charge in [-0.05, 0) is 48.2 Å². The highest BCUT2D eigenvalue weighted by Gasteiger charge is 2.10. The van der Waals surface area contributed by atoms with Crippen LogP contribution in [0.4, 0.5) is 4.39 Å². The number of hydrogen-bond donors (Lipinski definition) is 1. The lowest BCUT2D eigenvalue weighted by Gasteiger charge is -2.07. The van der Waals surface area contributed by atoms with Crippen molar-refractivity contribution in [1.29, 1.82) is 0 Å². The second-order valence-corrected chi connectivity index (χ2v) is 6.64. The van der Waals surface area contributed by atoms with Crippen LogP contribution in [-0.2, 0) is 19.3 Å². The highest BCUT2D eigenvalue weighted by Crippen LogP contribution is 2.21. The monoisotopic (exact) mass is 365 g/mol. The van der Waals surface area contributed by atoms with Crippen molar-refractivity contribution in [2.45, 2.75) is 19.3 Å². The smallest absolute Gasteiger partial charge is 0.216 e. The molecule has 5 heteroatoms. The number of halogens is 2. The molecule has 0 spiro atoms. The number of fused-ring (bicyclic) bond motifs is 1. The molecule has 3 heterocycles. The number of H-pyrrole nitrogens is 1. The third-order valence-electron chi connectivity index (χ3n) is 4.51. The quantitative estimate of drug-likeness (QED) is 0.498. The van der Waals surface area contributed by atoms with Gasteiger partial charge in [0.2, 0.25) is 5.95 Å². The summed E-state index contributed by atoms with van der Waals surface area (Å²) in [5, 5.41) is 1.74. The van der Waals surface area contributed by atoms with Crippen LogP contribution in [-0.4, -0.2) is 15.0 Å². The molecule has 4 aromatic rings. The molecule has 26 heavy (non-hydrogen) atoms. The van der Waals surface area contributed by atoms with Gasteiger partial charge in [0, 0.05) is 40.5 Å². The summed E-state index contributed by atoms with van der Waals surface area (Å²) < 4.78 is 14.5. The van der Waals surface area contributed by atoms with Crippen LogP contribution >= 0.6 is 11.6 Å². The molecule has 0 aliphatic rings. The SMILES string of the molecule is Fc1nc(CCc2ccccc2Cl)ccc1Cc1c[nH]c2ncccc12. The summed E-state index contributed by atoms with van der Waals surface area (Å²) in [6.07, 6.45) is 5.48. The molecule has 3 aromatic heterocycles. The fraction of sp³-hybridized carbons (Fsp3) is 0.143. The first-order valence-electron chi connectivity index (χ1n) is 8.49. The van der Waals surface area contributed by atoms with Crippen molar-refractivity contribution in [3.8, 4) is 0 Å². The highest BCUT2D eigenvalue weighted by molar-refractivity contribution is 6.31. The van der Waals surface area contributed by atoms with E-state index in [4.69, 9.17) is 11.6 Å². The molecule has 0 bridgehead atoms. The number of pyridine rings is 2. The molecule has 0 atom stereocenters. The van der Waals surface area contributed by atoms with Gasteiger partial charge in [0.1, 0.15) is 5.65 Å². The van der Waals surface area contributed by atoms with E-state index in [0.717, 1.165) is 39.3 Å². The third-order valence-corrected chi connectivity index (χ3v) is 4.88. The van der Waals surface area contributed by atoms with E-state index in [-0.39, 0.29) is 0 Å². The number of nitrogens with one attached hydrogen (secondary N) is 1. The summed E-state index contributed by atoms with van der Waals surface area (Å²) in [7, 11) is 0. The maximum absolute atomic E-state index is 14.5.